The summed E-state index contributed by atoms with van der Waals surface area (Å²) in [4.78, 5) is 2.60. The molecule has 0 unspecified atom stereocenters. The number of benzene rings is 2. The van der Waals surface area contributed by atoms with Crippen LogP contribution in [0.5, 0.6) is 0 Å². The molecule has 2 aromatic carbocycles. The zero-order chi connectivity index (χ0) is 19.4. The number of nitrogens with one attached hydrogen (secondary N) is 1. The fraction of sp³-hybridized carbons (Fsp3) is 0.429. The van der Waals surface area contributed by atoms with Crippen LogP contribution in [0, 0.1) is 20.8 Å². The SMILES string of the molecule is Cc1ccc([C@H](CN2CCOCC2)NS(=O)(=O)c2cc(C)ccc2C)cc1. The normalized spacial score (nSPS) is 17.0. The van der Waals surface area contributed by atoms with Gasteiger partial charge >= 0.3 is 0 Å². The van der Waals surface area contributed by atoms with E-state index in [2.05, 4.69) is 9.62 Å². The second kappa shape index (κ2) is 8.52. The number of hydrogen-bond acceptors (Lipinski definition) is 4. The molecule has 1 N–H and O–H groups in total. The van der Waals surface area contributed by atoms with Crippen molar-refractivity contribution in [3.05, 3.63) is 64.7 Å². The van der Waals surface area contributed by atoms with E-state index in [1.54, 1.807) is 6.07 Å². The molecule has 0 aromatic heterocycles. The van der Waals surface area contributed by atoms with Crippen molar-refractivity contribution in [3.8, 4) is 0 Å². The number of ether oxygens (including phenoxy) is 1. The fourth-order valence-electron chi connectivity index (χ4n) is 3.30. The minimum atomic E-state index is -3.63. The van der Waals surface area contributed by atoms with Crippen molar-refractivity contribution in [1.29, 1.82) is 0 Å². The Kier molecular flexibility index (Phi) is 6.32. The third-order valence-electron chi connectivity index (χ3n) is 4.95. The Morgan fingerprint density at radius 3 is 2.30 bits per heavy atom. The first-order valence-electron chi connectivity index (χ1n) is 9.31. The monoisotopic (exact) mass is 388 g/mol. The van der Waals surface area contributed by atoms with Gasteiger partial charge in [-0.3, -0.25) is 4.90 Å². The molecule has 0 spiro atoms. The van der Waals surface area contributed by atoms with E-state index in [0.717, 1.165) is 35.3 Å². The van der Waals surface area contributed by atoms with Gasteiger partial charge in [0.15, 0.2) is 0 Å². The zero-order valence-electron chi connectivity index (χ0n) is 16.2. The summed E-state index contributed by atoms with van der Waals surface area (Å²) >= 11 is 0. The summed E-state index contributed by atoms with van der Waals surface area (Å²) in [6.45, 7) is 9.38. The van der Waals surface area contributed by atoms with Gasteiger partial charge in [-0.2, -0.15) is 0 Å². The molecule has 0 radical (unpaired) electrons. The fourth-order valence-corrected chi connectivity index (χ4v) is 4.84. The summed E-state index contributed by atoms with van der Waals surface area (Å²) in [6, 6.07) is 13.3. The Hall–Kier alpha value is -1.73. The molecule has 1 aliphatic heterocycles. The number of rotatable bonds is 6. The second-order valence-corrected chi connectivity index (χ2v) is 8.95. The maximum Gasteiger partial charge on any atom is 0.241 e. The van der Waals surface area contributed by atoms with Crippen LogP contribution in [0.4, 0.5) is 0 Å². The highest BCUT2D eigenvalue weighted by Gasteiger charge is 2.25. The molecule has 1 fully saturated rings. The van der Waals surface area contributed by atoms with Crippen LogP contribution >= 0.6 is 0 Å². The van der Waals surface area contributed by atoms with Gasteiger partial charge in [0.05, 0.1) is 24.2 Å². The van der Waals surface area contributed by atoms with Crippen LogP contribution < -0.4 is 4.72 Å². The molecule has 3 rings (SSSR count). The molecule has 146 valence electrons. The van der Waals surface area contributed by atoms with Crippen molar-refractivity contribution in [2.75, 3.05) is 32.8 Å². The lowest BCUT2D eigenvalue weighted by Gasteiger charge is -2.31. The van der Waals surface area contributed by atoms with Gasteiger partial charge in [0, 0.05) is 19.6 Å². The molecular formula is C21H28N2O3S. The molecule has 0 aliphatic carbocycles. The lowest BCUT2D eigenvalue weighted by atomic mass is 10.1. The Labute approximate surface area is 162 Å². The van der Waals surface area contributed by atoms with E-state index in [0.29, 0.717) is 24.7 Å². The van der Waals surface area contributed by atoms with Gasteiger partial charge in [-0.25, -0.2) is 13.1 Å². The number of sulfonamides is 1. The first-order valence-corrected chi connectivity index (χ1v) is 10.8. The maximum absolute atomic E-state index is 13.1. The second-order valence-electron chi connectivity index (χ2n) is 7.27. The minimum absolute atomic E-state index is 0.311. The summed E-state index contributed by atoms with van der Waals surface area (Å²) in [6.07, 6.45) is 0. The Morgan fingerprint density at radius 2 is 1.63 bits per heavy atom. The largest absolute Gasteiger partial charge is 0.379 e. The van der Waals surface area contributed by atoms with Crippen LogP contribution in [0.15, 0.2) is 47.4 Å². The minimum Gasteiger partial charge on any atom is -0.379 e. The number of nitrogens with zero attached hydrogens (tertiary/aromatic N) is 1. The standard InChI is InChI=1S/C21H28N2O3S/c1-16-5-8-19(9-6-16)20(15-23-10-12-26-13-11-23)22-27(24,25)21-14-17(2)4-7-18(21)3/h4-9,14,20,22H,10-13,15H2,1-3H3/t20-/m0/s1. The van der Waals surface area contributed by atoms with Crippen LogP contribution in [0.2, 0.25) is 0 Å². The van der Waals surface area contributed by atoms with Crippen molar-refractivity contribution >= 4 is 10.0 Å². The predicted octanol–water partition coefficient (Wildman–Crippen LogP) is 2.96. The van der Waals surface area contributed by atoms with Gasteiger partial charge in [-0.1, -0.05) is 42.0 Å². The van der Waals surface area contributed by atoms with Crippen LogP contribution in [0.3, 0.4) is 0 Å². The Balaban J connectivity index is 1.89. The quantitative estimate of drug-likeness (QED) is 0.827. The summed E-state index contributed by atoms with van der Waals surface area (Å²) < 4.78 is 34.7. The molecule has 1 saturated heterocycles. The first kappa shape index (κ1) is 20.0. The van der Waals surface area contributed by atoms with Gasteiger partial charge in [0.25, 0.3) is 0 Å². The summed E-state index contributed by atoms with van der Waals surface area (Å²) in [5, 5.41) is 0. The van der Waals surface area contributed by atoms with E-state index in [1.807, 2.05) is 57.2 Å². The van der Waals surface area contributed by atoms with Gasteiger partial charge in [-0.15, -0.1) is 0 Å². The molecule has 5 nitrogen and oxygen atoms in total. The number of hydrogen-bond donors (Lipinski definition) is 1. The van der Waals surface area contributed by atoms with E-state index in [9.17, 15) is 8.42 Å². The average molecular weight is 389 g/mol. The average Bonchev–Trinajstić information content (AvgIpc) is 2.64. The van der Waals surface area contributed by atoms with Crippen LogP contribution in [-0.4, -0.2) is 46.2 Å². The Morgan fingerprint density at radius 1 is 1.00 bits per heavy atom. The van der Waals surface area contributed by atoms with E-state index in [4.69, 9.17) is 4.74 Å². The topological polar surface area (TPSA) is 58.6 Å². The van der Waals surface area contributed by atoms with Crippen LogP contribution in [-0.2, 0) is 14.8 Å². The van der Waals surface area contributed by atoms with Crippen LogP contribution in [0.25, 0.3) is 0 Å². The van der Waals surface area contributed by atoms with E-state index < -0.39 is 10.0 Å². The summed E-state index contributed by atoms with van der Waals surface area (Å²) in [7, 11) is -3.63. The molecule has 2 aromatic rings. The maximum atomic E-state index is 13.1. The van der Waals surface area contributed by atoms with Gasteiger partial charge in [0.1, 0.15) is 0 Å². The summed E-state index contributed by atoms with van der Waals surface area (Å²) in [5.74, 6) is 0. The van der Waals surface area contributed by atoms with E-state index >= 15 is 0 Å². The third kappa shape index (κ3) is 5.17. The lowest BCUT2D eigenvalue weighted by molar-refractivity contribution is 0.0345. The first-order chi connectivity index (χ1) is 12.8. The highest BCUT2D eigenvalue weighted by Crippen LogP contribution is 2.22. The lowest BCUT2D eigenvalue weighted by Crippen LogP contribution is -2.43. The van der Waals surface area contributed by atoms with Crippen molar-refractivity contribution in [3.63, 3.8) is 0 Å². The molecule has 27 heavy (non-hydrogen) atoms. The molecule has 0 saturated carbocycles. The molecule has 1 heterocycles. The molecule has 0 amide bonds. The predicted molar refractivity (Wildman–Crippen MR) is 107 cm³/mol. The van der Waals surface area contributed by atoms with Gasteiger partial charge in [0.2, 0.25) is 10.0 Å². The molecular weight excluding hydrogens is 360 g/mol. The van der Waals surface area contributed by atoms with Crippen molar-refractivity contribution in [2.24, 2.45) is 0 Å². The highest BCUT2D eigenvalue weighted by atomic mass is 32.2. The molecule has 1 atom stereocenters. The van der Waals surface area contributed by atoms with Gasteiger partial charge < -0.3 is 4.74 Å². The third-order valence-corrected chi connectivity index (χ3v) is 6.57. The number of morpholine rings is 1. The van der Waals surface area contributed by atoms with Crippen molar-refractivity contribution < 1.29 is 13.2 Å². The van der Waals surface area contributed by atoms with Crippen molar-refractivity contribution in [1.82, 2.24) is 9.62 Å². The highest BCUT2D eigenvalue weighted by molar-refractivity contribution is 7.89. The summed E-state index contributed by atoms with van der Waals surface area (Å²) in [5.41, 5.74) is 3.81. The molecule has 1 aliphatic rings. The van der Waals surface area contributed by atoms with E-state index in [-0.39, 0.29) is 6.04 Å². The Bertz CT molecular complexity index is 873. The van der Waals surface area contributed by atoms with Crippen LogP contribution in [0.1, 0.15) is 28.3 Å². The molecule has 0 bridgehead atoms. The van der Waals surface area contributed by atoms with E-state index in [1.165, 1.54) is 0 Å². The van der Waals surface area contributed by atoms with Gasteiger partial charge in [-0.05, 0) is 43.5 Å². The smallest absolute Gasteiger partial charge is 0.241 e. The zero-order valence-corrected chi connectivity index (χ0v) is 17.1. The number of aryl methyl sites for hydroxylation is 3. The van der Waals surface area contributed by atoms with Crippen molar-refractivity contribution in [2.45, 2.75) is 31.7 Å². The molecule has 6 heteroatoms.